The highest BCUT2D eigenvalue weighted by atomic mass is 16.5. The van der Waals surface area contributed by atoms with E-state index in [1.54, 1.807) is 36.8 Å². The van der Waals surface area contributed by atoms with Gasteiger partial charge in [0.25, 0.3) is 5.91 Å². The molecule has 1 amide bonds. The van der Waals surface area contributed by atoms with Crippen molar-refractivity contribution in [3.05, 3.63) is 102 Å². The van der Waals surface area contributed by atoms with Crippen LogP contribution in [0.3, 0.4) is 0 Å². The zero-order valence-electron chi connectivity index (χ0n) is 16.0. The number of rotatable bonds is 7. The number of nitrogens with one attached hydrogen (secondary N) is 2. The second kappa shape index (κ2) is 9.29. The first kappa shape index (κ1) is 19.1. The SMILES string of the molecule is O=C(N/N=C/c1ccncc1)c1cc(-c2ccc(OCc3ccccc3)cc2)n[nH]1. The second-order valence-electron chi connectivity index (χ2n) is 6.45. The predicted octanol–water partition coefficient (Wildman–Crippen LogP) is 3.81. The number of hydrazone groups is 1. The standard InChI is InChI=1S/C23H19N5O2/c29-23(28-25-15-17-10-12-24-13-11-17)22-14-21(26-27-22)19-6-8-20(9-7-19)30-16-18-4-2-1-3-5-18/h1-15H,16H2,(H,26,27)(H,28,29)/b25-15+. The first-order valence-electron chi connectivity index (χ1n) is 9.34. The van der Waals surface area contributed by atoms with E-state index in [1.165, 1.54) is 0 Å². The fourth-order valence-corrected chi connectivity index (χ4v) is 2.72. The first-order chi connectivity index (χ1) is 14.8. The van der Waals surface area contributed by atoms with Crippen molar-refractivity contribution in [2.45, 2.75) is 6.61 Å². The number of aromatic amines is 1. The summed E-state index contributed by atoms with van der Waals surface area (Å²) in [5.74, 6) is 0.392. The Morgan fingerprint density at radius 1 is 1.03 bits per heavy atom. The van der Waals surface area contributed by atoms with Gasteiger partial charge in [-0.3, -0.25) is 14.9 Å². The van der Waals surface area contributed by atoms with Gasteiger partial charge in [-0.1, -0.05) is 30.3 Å². The number of nitrogens with zero attached hydrogens (tertiary/aromatic N) is 3. The highest BCUT2D eigenvalue weighted by Crippen LogP contribution is 2.22. The van der Waals surface area contributed by atoms with Gasteiger partial charge in [-0.2, -0.15) is 10.2 Å². The number of pyridine rings is 1. The Hall–Kier alpha value is -4.26. The lowest BCUT2D eigenvalue weighted by Gasteiger charge is -2.06. The summed E-state index contributed by atoms with van der Waals surface area (Å²) < 4.78 is 5.80. The van der Waals surface area contributed by atoms with E-state index in [0.29, 0.717) is 18.0 Å². The molecular formula is C23H19N5O2. The first-order valence-corrected chi connectivity index (χ1v) is 9.34. The smallest absolute Gasteiger partial charge is 0.289 e. The minimum Gasteiger partial charge on any atom is -0.489 e. The molecule has 0 saturated heterocycles. The van der Waals surface area contributed by atoms with Gasteiger partial charge in [-0.05, 0) is 53.6 Å². The predicted molar refractivity (Wildman–Crippen MR) is 114 cm³/mol. The van der Waals surface area contributed by atoms with Crippen LogP contribution in [-0.4, -0.2) is 27.3 Å². The third kappa shape index (κ3) is 4.96. The summed E-state index contributed by atoms with van der Waals surface area (Å²) >= 11 is 0. The molecule has 7 heteroatoms. The molecule has 0 aliphatic carbocycles. The van der Waals surface area contributed by atoms with Gasteiger partial charge in [0.2, 0.25) is 0 Å². The van der Waals surface area contributed by atoms with Crippen molar-refractivity contribution in [3.63, 3.8) is 0 Å². The normalized spacial score (nSPS) is 10.8. The molecule has 2 heterocycles. The molecule has 4 aromatic rings. The molecule has 30 heavy (non-hydrogen) atoms. The van der Waals surface area contributed by atoms with Crippen LogP contribution in [0.2, 0.25) is 0 Å². The minimum atomic E-state index is -0.373. The largest absolute Gasteiger partial charge is 0.489 e. The minimum absolute atomic E-state index is 0.321. The van der Waals surface area contributed by atoms with Crippen molar-refractivity contribution in [2.75, 3.05) is 0 Å². The van der Waals surface area contributed by atoms with E-state index in [0.717, 1.165) is 22.4 Å². The van der Waals surface area contributed by atoms with Crippen LogP contribution in [0.1, 0.15) is 21.6 Å². The molecular weight excluding hydrogens is 378 g/mol. The maximum atomic E-state index is 12.2. The molecule has 0 radical (unpaired) electrons. The van der Waals surface area contributed by atoms with E-state index >= 15 is 0 Å². The molecule has 0 aliphatic rings. The van der Waals surface area contributed by atoms with Crippen molar-refractivity contribution in [3.8, 4) is 17.0 Å². The Balaban J connectivity index is 1.35. The number of amides is 1. The second-order valence-corrected chi connectivity index (χ2v) is 6.45. The van der Waals surface area contributed by atoms with Crippen molar-refractivity contribution >= 4 is 12.1 Å². The van der Waals surface area contributed by atoms with Gasteiger partial charge in [0.1, 0.15) is 18.1 Å². The topological polar surface area (TPSA) is 92.3 Å². The Morgan fingerprint density at radius 3 is 2.57 bits per heavy atom. The number of carbonyl (C=O) groups excluding carboxylic acids is 1. The number of aromatic nitrogens is 3. The highest BCUT2D eigenvalue weighted by molar-refractivity contribution is 5.94. The lowest BCUT2D eigenvalue weighted by atomic mass is 10.1. The summed E-state index contributed by atoms with van der Waals surface area (Å²) in [6.07, 6.45) is 4.86. The Bertz CT molecular complexity index is 1120. The molecule has 0 unspecified atom stereocenters. The van der Waals surface area contributed by atoms with Gasteiger partial charge in [-0.15, -0.1) is 0 Å². The van der Waals surface area contributed by atoms with Gasteiger partial charge in [0.15, 0.2) is 0 Å². The van der Waals surface area contributed by atoms with Crippen LogP contribution in [0.15, 0.2) is 90.3 Å². The number of H-pyrrole nitrogens is 1. The molecule has 0 atom stereocenters. The van der Waals surface area contributed by atoms with Crippen molar-refractivity contribution in [2.24, 2.45) is 5.10 Å². The van der Waals surface area contributed by atoms with E-state index in [4.69, 9.17) is 4.74 Å². The number of benzene rings is 2. The number of ether oxygens (including phenoxy) is 1. The number of hydrogen-bond acceptors (Lipinski definition) is 5. The molecule has 0 fully saturated rings. The van der Waals surface area contributed by atoms with Gasteiger partial charge < -0.3 is 4.74 Å². The third-order valence-electron chi connectivity index (χ3n) is 4.31. The number of carbonyl (C=O) groups is 1. The quantitative estimate of drug-likeness (QED) is 0.366. The molecule has 0 aliphatic heterocycles. The van der Waals surface area contributed by atoms with Crippen LogP contribution in [0, 0.1) is 0 Å². The molecule has 0 bridgehead atoms. The summed E-state index contributed by atoms with van der Waals surface area (Å²) in [5.41, 5.74) is 6.27. The maximum absolute atomic E-state index is 12.2. The lowest BCUT2D eigenvalue weighted by molar-refractivity contribution is 0.0950. The molecule has 2 aromatic heterocycles. The summed E-state index contributed by atoms with van der Waals surface area (Å²) in [6.45, 7) is 0.507. The molecule has 0 spiro atoms. The maximum Gasteiger partial charge on any atom is 0.289 e. The van der Waals surface area contributed by atoms with E-state index < -0.39 is 0 Å². The van der Waals surface area contributed by atoms with Gasteiger partial charge in [0.05, 0.1) is 11.9 Å². The van der Waals surface area contributed by atoms with Crippen LogP contribution in [0.5, 0.6) is 5.75 Å². The Kier molecular flexibility index (Phi) is 5.91. The summed E-state index contributed by atoms with van der Waals surface area (Å²) in [7, 11) is 0. The monoisotopic (exact) mass is 397 g/mol. The fraction of sp³-hybridized carbons (Fsp3) is 0.0435. The van der Waals surface area contributed by atoms with Crippen LogP contribution < -0.4 is 10.2 Å². The van der Waals surface area contributed by atoms with E-state index in [-0.39, 0.29) is 5.91 Å². The molecule has 4 rings (SSSR count). The van der Waals surface area contributed by atoms with Crippen LogP contribution >= 0.6 is 0 Å². The van der Waals surface area contributed by atoms with Crippen molar-refractivity contribution in [1.82, 2.24) is 20.6 Å². The third-order valence-corrected chi connectivity index (χ3v) is 4.31. The molecule has 148 valence electrons. The number of hydrogen-bond donors (Lipinski definition) is 2. The van der Waals surface area contributed by atoms with Crippen LogP contribution in [0.25, 0.3) is 11.3 Å². The summed E-state index contributed by atoms with van der Waals surface area (Å²) in [4.78, 5) is 16.2. The average molecular weight is 397 g/mol. The van der Waals surface area contributed by atoms with Crippen molar-refractivity contribution < 1.29 is 9.53 Å². The van der Waals surface area contributed by atoms with Crippen LogP contribution in [-0.2, 0) is 6.61 Å². The van der Waals surface area contributed by atoms with E-state index in [9.17, 15) is 4.79 Å². The Morgan fingerprint density at radius 2 is 1.80 bits per heavy atom. The van der Waals surface area contributed by atoms with E-state index in [1.807, 2.05) is 54.6 Å². The zero-order chi connectivity index (χ0) is 20.6. The molecule has 0 saturated carbocycles. The summed E-state index contributed by atoms with van der Waals surface area (Å²) in [6, 6.07) is 22.8. The fourth-order valence-electron chi connectivity index (χ4n) is 2.72. The van der Waals surface area contributed by atoms with E-state index in [2.05, 4.69) is 25.7 Å². The molecule has 2 aromatic carbocycles. The molecule has 7 nitrogen and oxygen atoms in total. The lowest BCUT2D eigenvalue weighted by Crippen LogP contribution is -2.17. The highest BCUT2D eigenvalue weighted by Gasteiger charge is 2.10. The Labute approximate surface area is 173 Å². The van der Waals surface area contributed by atoms with Gasteiger partial charge in [-0.25, -0.2) is 5.43 Å². The average Bonchev–Trinajstić information content (AvgIpc) is 3.30. The summed E-state index contributed by atoms with van der Waals surface area (Å²) in [5, 5.41) is 10.9. The molecule has 2 N–H and O–H groups in total. The van der Waals surface area contributed by atoms with Crippen molar-refractivity contribution in [1.29, 1.82) is 0 Å². The van der Waals surface area contributed by atoms with Gasteiger partial charge >= 0.3 is 0 Å². The zero-order valence-corrected chi connectivity index (χ0v) is 16.0. The van der Waals surface area contributed by atoms with Gasteiger partial charge in [0, 0.05) is 18.0 Å². The van der Waals surface area contributed by atoms with Crippen LogP contribution in [0.4, 0.5) is 0 Å².